The van der Waals surface area contributed by atoms with E-state index in [0.29, 0.717) is 84.8 Å². The van der Waals surface area contributed by atoms with E-state index in [1.54, 1.807) is 21.3 Å². The van der Waals surface area contributed by atoms with Crippen molar-refractivity contribution in [1.29, 1.82) is 0 Å². The van der Waals surface area contributed by atoms with Crippen LogP contribution in [-0.2, 0) is 53.4 Å². The Morgan fingerprint density at radius 3 is 1.09 bits per heavy atom. The van der Waals surface area contributed by atoms with Crippen molar-refractivity contribution in [2.75, 3.05) is 140 Å². The zero-order valence-corrected chi connectivity index (χ0v) is 27.1. The summed E-state index contributed by atoms with van der Waals surface area (Å²) >= 11 is 0. The Hall–Kier alpha value is -1.59. The van der Waals surface area contributed by atoms with Crippen LogP contribution in [0.15, 0.2) is 12.1 Å². The van der Waals surface area contributed by atoms with Gasteiger partial charge in [-0.05, 0) is 17.7 Å². The monoisotopic (exact) mass is 658 g/mol. The molecule has 2 N–H and O–H groups in total. The first-order valence-corrected chi connectivity index (χ1v) is 16.2. The molecule has 0 radical (unpaired) electrons. The SMILES string of the molecule is COCCOCCOCCOc1cc(CP(=O)(O)O)cc(OCCOCCOCCOC)c1OCCOCCOCCOC. The average Bonchev–Trinajstić information content (AvgIpc) is 2.98. The summed E-state index contributed by atoms with van der Waals surface area (Å²) in [7, 11) is 0.429. The van der Waals surface area contributed by atoms with Crippen LogP contribution in [0.4, 0.5) is 0 Å². The lowest BCUT2D eigenvalue weighted by Gasteiger charge is -2.19. The highest BCUT2D eigenvalue weighted by Crippen LogP contribution is 2.44. The highest BCUT2D eigenvalue weighted by Gasteiger charge is 2.21. The van der Waals surface area contributed by atoms with Gasteiger partial charge in [-0.25, -0.2) is 0 Å². The second-order valence-electron chi connectivity index (χ2n) is 8.94. The van der Waals surface area contributed by atoms with Crippen LogP contribution in [0.2, 0.25) is 0 Å². The maximum absolute atomic E-state index is 11.8. The van der Waals surface area contributed by atoms with Gasteiger partial charge in [-0.2, -0.15) is 0 Å². The summed E-state index contributed by atoms with van der Waals surface area (Å²) in [6.07, 6.45) is -0.503. The van der Waals surface area contributed by atoms with Crippen LogP contribution in [0.3, 0.4) is 0 Å². The van der Waals surface area contributed by atoms with Crippen LogP contribution >= 0.6 is 7.60 Å². The maximum atomic E-state index is 11.8. The van der Waals surface area contributed by atoms with Gasteiger partial charge in [0, 0.05) is 21.3 Å². The fraction of sp³-hybridized carbons (Fsp3) is 0.786. The standard InChI is InChI=1S/C28H51O15P/c1-32-4-7-35-10-13-38-16-19-41-26-22-25(24-44(29,30)31)23-27(42-20-17-39-14-11-36-8-5-33-2)28(26)43-21-18-40-15-12-37-9-6-34-3/h22-23H,4-21,24H2,1-3H3,(H2,29,30,31). The van der Waals surface area contributed by atoms with Gasteiger partial charge in [0.2, 0.25) is 5.75 Å². The van der Waals surface area contributed by atoms with Gasteiger partial charge in [-0.15, -0.1) is 0 Å². The van der Waals surface area contributed by atoms with Gasteiger partial charge in [-0.1, -0.05) is 0 Å². The number of hydrogen-bond donors (Lipinski definition) is 2. The van der Waals surface area contributed by atoms with Crippen LogP contribution in [0.25, 0.3) is 0 Å². The summed E-state index contributed by atoms with van der Waals surface area (Å²) in [4.78, 5) is 19.2. The van der Waals surface area contributed by atoms with Crippen molar-refractivity contribution in [2.45, 2.75) is 6.16 Å². The normalized spacial score (nSPS) is 11.7. The van der Waals surface area contributed by atoms with E-state index in [1.165, 1.54) is 12.1 Å². The fourth-order valence-corrected chi connectivity index (χ4v) is 3.99. The van der Waals surface area contributed by atoms with E-state index in [1.807, 2.05) is 0 Å². The molecule has 258 valence electrons. The predicted octanol–water partition coefficient (Wildman–Crippen LogP) is 1.54. The van der Waals surface area contributed by atoms with Crippen LogP contribution < -0.4 is 14.2 Å². The maximum Gasteiger partial charge on any atom is 0.329 e. The van der Waals surface area contributed by atoms with Crippen LogP contribution in [-0.4, -0.2) is 150 Å². The fourth-order valence-electron chi connectivity index (χ4n) is 3.33. The molecule has 1 aromatic carbocycles. The lowest BCUT2D eigenvalue weighted by molar-refractivity contribution is 0.0146. The molecule has 1 aromatic rings. The molecule has 0 heterocycles. The first-order valence-electron chi connectivity index (χ1n) is 14.4. The zero-order valence-electron chi connectivity index (χ0n) is 26.2. The molecule has 16 heteroatoms. The molecule has 0 bridgehead atoms. The molecule has 0 aromatic heterocycles. The van der Waals surface area contributed by atoms with E-state index >= 15 is 0 Å². The molecule has 15 nitrogen and oxygen atoms in total. The number of methoxy groups -OCH3 is 3. The summed E-state index contributed by atoms with van der Waals surface area (Å²) in [6.45, 7) is 6.50. The molecule has 0 amide bonds. The van der Waals surface area contributed by atoms with Crippen molar-refractivity contribution in [2.24, 2.45) is 0 Å². The predicted molar refractivity (Wildman–Crippen MR) is 159 cm³/mol. The van der Waals surface area contributed by atoms with Crippen molar-refractivity contribution in [1.82, 2.24) is 0 Å². The third-order valence-electron chi connectivity index (χ3n) is 5.33. The van der Waals surface area contributed by atoms with Crippen LogP contribution in [0.5, 0.6) is 17.2 Å². The van der Waals surface area contributed by atoms with E-state index < -0.39 is 13.8 Å². The molecule has 0 aliphatic carbocycles. The molecule has 0 saturated heterocycles. The van der Waals surface area contributed by atoms with Crippen molar-refractivity contribution in [3.63, 3.8) is 0 Å². The molecule has 0 spiro atoms. The van der Waals surface area contributed by atoms with Crippen molar-refractivity contribution < 1.29 is 71.2 Å². The molecular formula is C28H51O15P. The average molecular weight is 659 g/mol. The molecule has 0 unspecified atom stereocenters. The van der Waals surface area contributed by atoms with Crippen molar-refractivity contribution in [3.05, 3.63) is 17.7 Å². The smallest absolute Gasteiger partial charge is 0.329 e. The Kier molecular flexibility index (Phi) is 25.5. The minimum absolute atomic E-state index is 0.148. The Morgan fingerprint density at radius 1 is 0.477 bits per heavy atom. The Labute approximate surface area is 260 Å². The van der Waals surface area contributed by atoms with Gasteiger partial charge >= 0.3 is 7.60 Å². The largest absolute Gasteiger partial charge is 0.487 e. The second-order valence-corrected chi connectivity index (χ2v) is 10.6. The number of benzene rings is 1. The molecule has 0 aliphatic heterocycles. The van der Waals surface area contributed by atoms with E-state index in [9.17, 15) is 14.4 Å². The van der Waals surface area contributed by atoms with Gasteiger partial charge < -0.3 is 66.6 Å². The van der Waals surface area contributed by atoms with Gasteiger partial charge in [0.1, 0.15) is 19.8 Å². The third-order valence-corrected chi connectivity index (χ3v) is 6.10. The number of hydrogen-bond acceptors (Lipinski definition) is 13. The lowest BCUT2D eigenvalue weighted by atomic mass is 10.2. The quantitative estimate of drug-likeness (QED) is 0.0844. The molecule has 0 aliphatic rings. The molecule has 1 rings (SSSR count). The highest BCUT2D eigenvalue weighted by molar-refractivity contribution is 7.50. The minimum atomic E-state index is -4.38. The molecular weight excluding hydrogens is 607 g/mol. The van der Waals surface area contributed by atoms with Gasteiger partial charge in [-0.3, -0.25) is 4.57 Å². The molecule has 0 fully saturated rings. The molecule has 44 heavy (non-hydrogen) atoms. The third kappa shape index (κ3) is 22.8. The highest BCUT2D eigenvalue weighted by atomic mass is 31.2. The van der Waals surface area contributed by atoms with E-state index in [-0.39, 0.29) is 56.9 Å². The first-order chi connectivity index (χ1) is 21.4. The van der Waals surface area contributed by atoms with Gasteiger partial charge in [0.15, 0.2) is 11.5 Å². The second kappa shape index (κ2) is 27.7. The summed E-state index contributed by atoms with van der Waals surface area (Å²) in [5.74, 6) is 0.771. The first kappa shape index (κ1) is 40.4. The Bertz CT molecular complexity index is 811. The van der Waals surface area contributed by atoms with E-state index in [0.717, 1.165) is 0 Å². The number of ether oxygens (including phenoxy) is 12. The lowest BCUT2D eigenvalue weighted by Crippen LogP contribution is -2.15. The summed E-state index contributed by atoms with van der Waals surface area (Å²) in [6, 6.07) is 3.04. The van der Waals surface area contributed by atoms with E-state index in [4.69, 9.17) is 56.8 Å². The Balaban J connectivity index is 2.80. The van der Waals surface area contributed by atoms with Gasteiger partial charge in [0.05, 0.1) is 105 Å². The van der Waals surface area contributed by atoms with Crippen LogP contribution in [0, 0.1) is 0 Å². The van der Waals surface area contributed by atoms with Crippen LogP contribution in [0.1, 0.15) is 5.56 Å². The van der Waals surface area contributed by atoms with Crippen molar-refractivity contribution >= 4 is 7.60 Å². The molecule has 0 atom stereocenters. The Morgan fingerprint density at radius 2 is 0.773 bits per heavy atom. The summed E-state index contributed by atoms with van der Waals surface area (Å²) in [5, 5.41) is 0. The minimum Gasteiger partial charge on any atom is -0.487 e. The molecule has 0 saturated carbocycles. The van der Waals surface area contributed by atoms with Crippen molar-refractivity contribution in [3.8, 4) is 17.2 Å². The number of rotatable bonds is 32. The van der Waals surface area contributed by atoms with Gasteiger partial charge in [0.25, 0.3) is 0 Å². The summed E-state index contributed by atoms with van der Waals surface area (Å²) < 4.78 is 77.2. The zero-order chi connectivity index (χ0) is 32.1. The topological polar surface area (TPSA) is 168 Å². The summed E-state index contributed by atoms with van der Waals surface area (Å²) in [5.41, 5.74) is 0.320. The van der Waals surface area contributed by atoms with E-state index in [2.05, 4.69) is 0 Å².